The maximum atomic E-state index is 12.1. The first-order valence-electron chi connectivity index (χ1n) is 7.74. The van der Waals surface area contributed by atoms with Gasteiger partial charge in [-0.1, -0.05) is 35.9 Å². The molecule has 6 heteroatoms. The quantitative estimate of drug-likeness (QED) is 0.678. The number of hydrogen-bond acceptors (Lipinski definition) is 4. The van der Waals surface area contributed by atoms with Crippen LogP contribution in [0.1, 0.15) is 10.4 Å². The Kier molecular flexibility index (Phi) is 5.36. The highest BCUT2D eigenvalue weighted by Gasteiger charge is 2.12. The second-order valence-corrected chi connectivity index (χ2v) is 7.22. The molecular weight excluding hydrogens is 356 g/mol. The molecule has 2 aromatic carbocycles. The van der Waals surface area contributed by atoms with Crippen LogP contribution in [0, 0.1) is 13.8 Å². The van der Waals surface area contributed by atoms with E-state index < -0.39 is 0 Å². The van der Waals surface area contributed by atoms with Crippen molar-refractivity contribution in [2.24, 2.45) is 0 Å². The number of thiazole rings is 1. The third kappa shape index (κ3) is 4.59. The average Bonchev–Trinajstić information content (AvgIpc) is 2.94. The summed E-state index contributed by atoms with van der Waals surface area (Å²) in [5.41, 5.74) is 2.90. The van der Waals surface area contributed by atoms with Gasteiger partial charge in [0.25, 0.3) is 5.91 Å². The molecule has 1 amide bonds. The Bertz CT molecular complexity index is 891. The van der Waals surface area contributed by atoms with Crippen LogP contribution in [0.15, 0.2) is 48.5 Å². The number of anilines is 1. The van der Waals surface area contributed by atoms with Crippen molar-refractivity contribution in [1.82, 2.24) is 4.98 Å². The summed E-state index contributed by atoms with van der Waals surface area (Å²) in [4.78, 5) is 17.6. The van der Waals surface area contributed by atoms with E-state index >= 15 is 0 Å². The summed E-state index contributed by atoms with van der Waals surface area (Å²) in [6.07, 6.45) is 0. The maximum Gasteiger partial charge on any atom is 0.264 e. The second kappa shape index (κ2) is 7.68. The van der Waals surface area contributed by atoms with Gasteiger partial charge in [-0.15, -0.1) is 11.3 Å². The van der Waals surface area contributed by atoms with E-state index in [-0.39, 0.29) is 12.5 Å². The van der Waals surface area contributed by atoms with Crippen molar-refractivity contribution in [3.05, 3.63) is 64.0 Å². The number of hydrogen-bond donors (Lipinski definition) is 1. The first kappa shape index (κ1) is 17.5. The molecule has 3 rings (SSSR count). The number of benzene rings is 2. The molecule has 0 fully saturated rings. The van der Waals surface area contributed by atoms with Crippen molar-refractivity contribution in [1.29, 1.82) is 0 Å². The zero-order chi connectivity index (χ0) is 17.8. The number of halogens is 1. The fraction of sp³-hybridized carbons (Fsp3) is 0.158. The zero-order valence-electron chi connectivity index (χ0n) is 13.9. The van der Waals surface area contributed by atoms with Gasteiger partial charge >= 0.3 is 0 Å². The smallest absolute Gasteiger partial charge is 0.264 e. The number of aromatic nitrogens is 1. The van der Waals surface area contributed by atoms with E-state index in [0.29, 0.717) is 15.9 Å². The third-order valence-electron chi connectivity index (χ3n) is 3.52. The lowest BCUT2D eigenvalue weighted by molar-refractivity contribution is -0.118. The third-order valence-corrected chi connectivity index (χ3v) is 4.66. The van der Waals surface area contributed by atoms with Gasteiger partial charge in [-0.3, -0.25) is 10.1 Å². The highest BCUT2D eigenvalue weighted by Crippen LogP contribution is 2.31. The van der Waals surface area contributed by atoms with Crippen LogP contribution in [-0.4, -0.2) is 17.5 Å². The summed E-state index contributed by atoms with van der Waals surface area (Å²) in [6, 6.07) is 15.1. The van der Waals surface area contributed by atoms with Gasteiger partial charge in [-0.2, -0.15) is 0 Å². The number of aryl methyl sites for hydroxylation is 2. The van der Waals surface area contributed by atoms with Crippen LogP contribution in [0.5, 0.6) is 5.75 Å². The van der Waals surface area contributed by atoms with Gasteiger partial charge in [0.1, 0.15) is 5.75 Å². The Balaban J connectivity index is 1.64. The molecule has 0 aliphatic heterocycles. The van der Waals surface area contributed by atoms with Gasteiger partial charge in [-0.25, -0.2) is 4.98 Å². The van der Waals surface area contributed by atoms with Crippen molar-refractivity contribution in [2.45, 2.75) is 13.8 Å². The van der Waals surface area contributed by atoms with Gasteiger partial charge in [0, 0.05) is 15.5 Å². The van der Waals surface area contributed by atoms with Crippen LogP contribution in [0.2, 0.25) is 5.02 Å². The molecule has 0 aliphatic carbocycles. The van der Waals surface area contributed by atoms with Crippen LogP contribution in [-0.2, 0) is 4.79 Å². The lowest BCUT2D eigenvalue weighted by atomic mass is 10.1. The van der Waals surface area contributed by atoms with E-state index in [4.69, 9.17) is 16.3 Å². The number of rotatable bonds is 5. The Morgan fingerprint density at radius 3 is 2.68 bits per heavy atom. The number of carbonyl (C=O) groups is 1. The van der Waals surface area contributed by atoms with E-state index in [1.807, 2.05) is 62.4 Å². The summed E-state index contributed by atoms with van der Waals surface area (Å²) < 4.78 is 5.51. The van der Waals surface area contributed by atoms with Crippen LogP contribution in [0.3, 0.4) is 0 Å². The average molecular weight is 373 g/mol. The number of ether oxygens (including phenoxy) is 1. The lowest BCUT2D eigenvalue weighted by Crippen LogP contribution is -2.20. The fourth-order valence-electron chi connectivity index (χ4n) is 2.33. The van der Waals surface area contributed by atoms with E-state index in [9.17, 15) is 4.79 Å². The highest BCUT2D eigenvalue weighted by atomic mass is 35.5. The Labute approximate surface area is 155 Å². The number of nitrogens with one attached hydrogen (secondary N) is 1. The molecule has 0 aliphatic rings. The minimum Gasteiger partial charge on any atom is -0.484 e. The summed E-state index contributed by atoms with van der Waals surface area (Å²) in [7, 11) is 0. The largest absolute Gasteiger partial charge is 0.484 e. The SMILES string of the molecule is Cc1cccc(OCC(=O)Nc2nc(-c3ccc(Cl)cc3)c(C)s2)c1. The summed E-state index contributed by atoms with van der Waals surface area (Å²) >= 11 is 7.35. The Morgan fingerprint density at radius 2 is 1.96 bits per heavy atom. The highest BCUT2D eigenvalue weighted by molar-refractivity contribution is 7.16. The predicted octanol–water partition coefficient (Wildman–Crippen LogP) is 5.10. The van der Waals surface area contributed by atoms with E-state index in [2.05, 4.69) is 10.3 Å². The number of carbonyl (C=O) groups excluding carboxylic acids is 1. The molecule has 0 saturated carbocycles. The topological polar surface area (TPSA) is 51.2 Å². The first-order valence-corrected chi connectivity index (χ1v) is 8.93. The molecule has 0 atom stereocenters. The molecule has 1 N–H and O–H groups in total. The maximum absolute atomic E-state index is 12.1. The molecule has 0 bridgehead atoms. The van der Waals surface area contributed by atoms with Crippen molar-refractivity contribution in [3.8, 4) is 17.0 Å². The molecule has 0 unspecified atom stereocenters. The normalized spacial score (nSPS) is 10.5. The second-order valence-electron chi connectivity index (χ2n) is 5.58. The van der Waals surface area contributed by atoms with Crippen molar-refractivity contribution in [2.75, 3.05) is 11.9 Å². The van der Waals surface area contributed by atoms with Crippen LogP contribution >= 0.6 is 22.9 Å². The fourth-order valence-corrected chi connectivity index (χ4v) is 3.31. The standard InChI is InChI=1S/C19H17ClN2O2S/c1-12-4-3-5-16(10-12)24-11-17(23)21-19-22-18(13(2)25-19)14-6-8-15(20)9-7-14/h3-10H,11H2,1-2H3,(H,21,22,23). The zero-order valence-corrected chi connectivity index (χ0v) is 15.4. The molecule has 1 heterocycles. The molecule has 3 aromatic rings. The van der Waals surface area contributed by atoms with Crippen molar-refractivity contribution >= 4 is 34.0 Å². The van der Waals surface area contributed by atoms with Gasteiger partial charge in [0.15, 0.2) is 11.7 Å². The molecule has 1 aromatic heterocycles. The van der Waals surface area contributed by atoms with Gasteiger partial charge in [0.2, 0.25) is 0 Å². The van der Waals surface area contributed by atoms with Crippen molar-refractivity contribution < 1.29 is 9.53 Å². The molecule has 0 radical (unpaired) electrons. The van der Waals surface area contributed by atoms with Crippen LogP contribution in [0.25, 0.3) is 11.3 Å². The molecule has 0 spiro atoms. The summed E-state index contributed by atoms with van der Waals surface area (Å²) in [6.45, 7) is 3.89. The Morgan fingerprint density at radius 1 is 1.20 bits per heavy atom. The molecule has 4 nitrogen and oxygen atoms in total. The number of nitrogens with zero attached hydrogens (tertiary/aromatic N) is 1. The van der Waals surface area contributed by atoms with Gasteiger partial charge in [0.05, 0.1) is 5.69 Å². The van der Waals surface area contributed by atoms with E-state index in [1.165, 1.54) is 11.3 Å². The van der Waals surface area contributed by atoms with E-state index in [0.717, 1.165) is 21.7 Å². The van der Waals surface area contributed by atoms with E-state index in [1.54, 1.807) is 0 Å². The summed E-state index contributed by atoms with van der Waals surface area (Å²) in [5.74, 6) is 0.435. The molecule has 25 heavy (non-hydrogen) atoms. The molecule has 128 valence electrons. The number of amides is 1. The minimum absolute atomic E-state index is 0.0572. The monoisotopic (exact) mass is 372 g/mol. The lowest BCUT2D eigenvalue weighted by Gasteiger charge is -2.06. The van der Waals surface area contributed by atoms with Crippen LogP contribution in [0.4, 0.5) is 5.13 Å². The molecule has 0 saturated heterocycles. The van der Waals surface area contributed by atoms with Crippen molar-refractivity contribution in [3.63, 3.8) is 0 Å². The minimum atomic E-state index is -0.238. The Hall–Kier alpha value is -2.37. The van der Waals surface area contributed by atoms with Crippen LogP contribution < -0.4 is 10.1 Å². The predicted molar refractivity (Wildman–Crippen MR) is 103 cm³/mol. The van der Waals surface area contributed by atoms with Gasteiger partial charge < -0.3 is 4.74 Å². The molecular formula is C19H17ClN2O2S. The summed E-state index contributed by atoms with van der Waals surface area (Å²) in [5, 5.41) is 4.02. The first-order chi connectivity index (χ1) is 12.0. The van der Waals surface area contributed by atoms with Gasteiger partial charge in [-0.05, 0) is 43.7 Å².